The first-order chi connectivity index (χ1) is 8.11. The number of aromatic nitrogens is 3. The van der Waals surface area contributed by atoms with Gasteiger partial charge in [0.25, 0.3) is 0 Å². The molecule has 0 aliphatic heterocycles. The Bertz CT molecular complexity index is 500. The molecule has 1 aromatic heterocycles. The SMILES string of the molecule is Cc1nc(CO)n(-c2ccc(C(C)C)cc2)n1. The topological polar surface area (TPSA) is 50.9 Å². The van der Waals surface area contributed by atoms with Gasteiger partial charge in [-0.25, -0.2) is 9.67 Å². The standard InChI is InChI=1S/C13H17N3O/c1-9(2)11-4-6-12(7-5-11)16-13(8-17)14-10(3)15-16/h4-7,9,17H,8H2,1-3H3. The molecule has 0 saturated heterocycles. The number of hydrogen-bond acceptors (Lipinski definition) is 3. The highest BCUT2D eigenvalue weighted by atomic mass is 16.3. The molecule has 4 nitrogen and oxygen atoms in total. The summed E-state index contributed by atoms with van der Waals surface area (Å²) in [6.45, 7) is 6.03. The number of hydrogen-bond donors (Lipinski definition) is 1. The molecule has 2 aromatic rings. The third kappa shape index (κ3) is 2.36. The van der Waals surface area contributed by atoms with Crippen LogP contribution in [-0.4, -0.2) is 19.9 Å². The summed E-state index contributed by atoms with van der Waals surface area (Å²) < 4.78 is 1.68. The van der Waals surface area contributed by atoms with E-state index in [1.54, 1.807) is 4.68 Å². The minimum Gasteiger partial charge on any atom is -0.388 e. The Morgan fingerprint density at radius 2 is 1.88 bits per heavy atom. The van der Waals surface area contributed by atoms with Gasteiger partial charge in [-0.1, -0.05) is 26.0 Å². The van der Waals surface area contributed by atoms with E-state index in [1.165, 1.54) is 5.56 Å². The van der Waals surface area contributed by atoms with E-state index in [0.717, 1.165) is 5.69 Å². The molecule has 2 rings (SSSR count). The van der Waals surface area contributed by atoms with E-state index in [4.69, 9.17) is 0 Å². The van der Waals surface area contributed by atoms with Gasteiger partial charge in [0.2, 0.25) is 0 Å². The maximum absolute atomic E-state index is 9.21. The number of aryl methyl sites for hydroxylation is 1. The van der Waals surface area contributed by atoms with E-state index in [2.05, 4.69) is 36.1 Å². The van der Waals surface area contributed by atoms with Crippen LogP contribution in [0.1, 0.15) is 37.0 Å². The lowest BCUT2D eigenvalue weighted by atomic mass is 10.0. The molecule has 0 amide bonds. The molecule has 90 valence electrons. The first kappa shape index (κ1) is 11.8. The minimum absolute atomic E-state index is 0.104. The van der Waals surface area contributed by atoms with Crippen molar-refractivity contribution in [2.75, 3.05) is 0 Å². The van der Waals surface area contributed by atoms with Gasteiger partial charge in [0, 0.05) is 0 Å². The summed E-state index contributed by atoms with van der Waals surface area (Å²) in [4.78, 5) is 4.16. The molecule has 0 saturated carbocycles. The van der Waals surface area contributed by atoms with E-state index < -0.39 is 0 Å². The third-order valence-electron chi connectivity index (χ3n) is 2.73. The van der Waals surface area contributed by atoms with Crippen molar-refractivity contribution in [3.05, 3.63) is 41.5 Å². The normalized spacial score (nSPS) is 11.1. The van der Waals surface area contributed by atoms with Crippen LogP contribution in [0.2, 0.25) is 0 Å². The van der Waals surface area contributed by atoms with Crippen molar-refractivity contribution in [2.24, 2.45) is 0 Å². The molecule has 1 heterocycles. The van der Waals surface area contributed by atoms with Crippen LogP contribution in [0.5, 0.6) is 0 Å². The third-order valence-corrected chi connectivity index (χ3v) is 2.73. The van der Waals surface area contributed by atoms with Gasteiger partial charge < -0.3 is 5.11 Å². The smallest absolute Gasteiger partial charge is 0.158 e. The first-order valence-electron chi connectivity index (χ1n) is 5.75. The fraction of sp³-hybridized carbons (Fsp3) is 0.385. The fourth-order valence-electron chi connectivity index (χ4n) is 1.77. The summed E-state index contributed by atoms with van der Waals surface area (Å²) in [5.74, 6) is 1.75. The largest absolute Gasteiger partial charge is 0.388 e. The predicted octanol–water partition coefficient (Wildman–Crippen LogP) is 2.19. The second-order valence-corrected chi connectivity index (χ2v) is 4.39. The van der Waals surface area contributed by atoms with E-state index >= 15 is 0 Å². The van der Waals surface area contributed by atoms with Crippen molar-refractivity contribution in [1.82, 2.24) is 14.8 Å². The minimum atomic E-state index is -0.104. The van der Waals surface area contributed by atoms with E-state index in [9.17, 15) is 5.11 Å². The lowest BCUT2D eigenvalue weighted by Gasteiger charge is -2.07. The van der Waals surface area contributed by atoms with Gasteiger partial charge in [0.05, 0.1) is 5.69 Å². The van der Waals surface area contributed by atoms with Crippen LogP contribution in [0, 0.1) is 6.92 Å². The van der Waals surface area contributed by atoms with Crippen molar-refractivity contribution < 1.29 is 5.11 Å². The predicted molar refractivity (Wildman–Crippen MR) is 66.1 cm³/mol. The molecular weight excluding hydrogens is 214 g/mol. The van der Waals surface area contributed by atoms with Crippen LogP contribution in [0.4, 0.5) is 0 Å². The summed E-state index contributed by atoms with van der Waals surface area (Å²) in [6, 6.07) is 8.17. The van der Waals surface area contributed by atoms with Gasteiger partial charge in [0.1, 0.15) is 12.4 Å². The summed E-state index contributed by atoms with van der Waals surface area (Å²) in [6.07, 6.45) is 0. The van der Waals surface area contributed by atoms with Crippen molar-refractivity contribution in [1.29, 1.82) is 0 Å². The molecule has 0 aliphatic rings. The van der Waals surface area contributed by atoms with Crippen molar-refractivity contribution >= 4 is 0 Å². The van der Waals surface area contributed by atoms with Crippen molar-refractivity contribution in [3.63, 3.8) is 0 Å². The van der Waals surface area contributed by atoms with Gasteiger partial charge in [0.15, 0.2) is 5.82 Å². The molecule has 1 N–H and O–H groups in total. The zero-order valence-corrected chi connectivity index (χ0v) is 10.4. The molecule has 0 unspecified atom stereocenters. The van der Waals surface area contributed by atoms with E-state index in [1.807, 2.05) is 19.1 Å². The zero-order chi connectivity index (χ0) is 12.4. The Morgan fingerprint density at radius 1 is 1.24 bits per heavy atom. The second-order valence-electron chi connectivity index (χ2n) is 4.39. The zero-order valence-electron chi connectivity index (χ0n) is 10.4. The van der Waals surface area contributed by atoms with Gasteiger partial charge in [-0.15, -0.1) is 0 Å². The van der Waals surface area contributed by atoms with Crippen LogP contribution in [0.3, 0.4) is 0 Å². The molecule has 0 aliphatic carbocycles. The van der Waals surface area contributed by atoms with Gasteiger partial charge >= 0.3 is 0 Å². The maximum Gasteiger partial charge on any atom is 0.158 e. The van der Waals surface area contributed by atoms with Gasteiger partial charge in [-0.3, -0.25) is 0 Å². The fourth-order valence-corrected chi connectivity index (χ4v) is 1.77. The number of aliphatic hydroxyl groups is 1. The number of rotatable bonds is 3. The molecule has 0 fully saturated rings. The molecule has 0 spiro atoms. The highest BCUT2D eigenvalue weighted by Gasteiger charge is 2.08. The van der Waals surface area contributed by atoms with Gasteiger partial charge in [-0.2, -0.15) is 5.10 Å². The Hall–Kier alpha value is -1.68. The molecule has 0 bridgehead atoms. The van der Waals surface area contributed by atoms with Crippen molar-refractivity contribution in [3.8, 4) is 5.69 Å². The van der Waals surface area contributed by atoms with E-state index in [-0.39, 0.29) is 6.61 Å². The quantitative estimate of drug-likeness (QED) is 0.881. The first-order valence-corrected chi connectivity index (χ1v) is 5.75. The molecule has 17 heavy (non-hydrogen) atoms. The Balaban J connectivity index is 2.39. The Labute approximate surface area is 101 Å². The highest BCUT2D eigenvalue weighted by molar-refractivity contribution is 5.35. The Kier molecular flexibility index (Phi) is 3.24. The lowest BCUT2D eigenvalue weighted by molar-refractivity contribution is 0.268. The summed E-state index contributed by atoms with van der Waals surface area (Å²) in [5.41, 5.74) is 2.22. The van der Waals surface area contributed by atoms with Crippen LogP contribution >= 0.6 is 0 Å². The number of nitrogens with zero attached hydrogens (tertiary/aromatic N) is 3. The lowest BCUT2D eigenvalue weighted by Crippen LogP contribution is -2.03. The Morgan fingerprint density at radius 3 is 2.41 bits per heavy atom. The van der Waals surface area contributed by atoms with Gasteiger partial charge in [-0.05, 0) is 30.5 Å². The number of aliphatic hydroxyl groups excluding tert-OH is 1. The van der Waals surface area contributed by atoms with E-state index in [0.29, 0.717) is 17.6 Å². The number of benzene rings is 1. The van der Waals surface area contributed by atoms with Crippen LogP contribution in [0.15, 0.2) is 24.3 Å². The average molecular weight is 231 g/mol. The molecule has 1 aromatic carbocycles. The molecule has 4 heteroatoms. The maximum atomic E-state index is 9.21. The highest BCUT2D eigenvalue weighted by Crippen LogP contribution is 2.17. The molecule has 0 radical (unpaired) electrons. The monoisotopic (exact) mass is 231 g/mol. The summed E-state index contributed by atoms with van der Waals surface area (Å²) in [7, 11) is 0. The summed E-state index contributed by atoms with van der Waals surface area (Å²) >= 11 is 0. The van der Waals surface area contributed by atoms with Crippen molar-refractivity contribution in [2.45, 2.75) is 33.3 Å². The van der Waals surface area contributed by atoms with Crippen LogP contribution < -0.4 is 0 Å². The molecule has 0 atom stereocenters. The van der Waals surface area contributed by atoms with Crippen LogP contribution in [0.25, 0.3) is 5.69 Å². The second kappa shape index (κ2) is 4.67. The van der Waals surface area contributed by atoms with Crippen LogP contribution in [-0.2, 0) is 6.61 Å². The molecular formula is C13H17N3O. The average Bonchev–Trinajstić information content (AvgIpc) is 2.70. The summed E-state index contributed by atoms with van der Waals surface area (Å²) in [5, 5.41) is 13.5.